The Morgan fingerprint density at radius 1 is 1.13 bits per heavy atom. The summed E-state index contributed by atoms with van der Waals surface area (Å²) in [5.74, 6) is -2.44. The van der Waals surface area contributed by atoms with Crippen molar-refractivity contribution in [1.82, 2.24) is 20.9 Å². The highest BCUT2D eigenvalue weighted by atomic mass is 32.2. The van der Waals surface area contributed by atoms with E-state index in [1.807, 2.05) is 13.8 Å². The molecule has 5 N–H and O–H groups in total. The number of likely N-dealkylation sites (tertiary alicyclic amines) is 1. The van der Waals surface area contributed by atoms with Crippen LogP contribution in [0.25, 0.3) is 0 Å². The van der Waals surface area contributed by atoms with Gasteiger partial charge in [-0.15, -0.1) is 0 Å². The van der Waals surface area contributed by atoms with Crippen LogP contribution in [0, 0.1) is 29.1 Å². The van der Waals surface area contributed by atoms with Gasteiger partial charge in [0, 0.05) is 25.9 Å². The van der Waals surface area contributed by atoms with E-state index in [4.69, 9.17) is 0 Å². The molecule has 38 heavy (non-hydrogen) atoms. The number of hydrogen-bond donors (Lipinski definition) is 5. The van der Waals surface area contributed by atoms with E-state index in [1.165, 1.54) is 11.8 Å². The van der Waals surface area contributed by atoms with Crippen LogP contribution >= 0.6 is 0 Å². The first kappa shape index (κ1) is 28.8. The SMILES string of the molecule is CC(=O)N[C@H](C(=O)N1C[C@H]2[C@@H]([C@H]1C(=O)N[C@@H](C[C@@H]1CCNC1=O)C(O)S(=O)(=O)O)C2(C)C)C1CCCCC1. The predicted octanol–water partition coefficient (Wildman–Crippen LogP) is -0.228. The van der Waals surface area contributed by atoms with Crippen LogP contribution in [-0.4, -0.2) is 83.3 Å². The van der Waals surface area contributed by atoms with Gasteiger partial charge in [0.15, 0.2) is 0 Å². The number of nitrogens with one attached hydrogen (secondary N) is 3. The number of aliphatic hydroxyl groups is 1. The summed E-state index contributed by atoms with van der Waals surface area (Å²) in [6, 6.07) is -3.14. The average Bonchev–Trinajstić information content (AvgIpc) is 3.20. The molecule has 0 bridgehead atoms. The zero-order valence-corrected chi connectivity index (χ0v) is 23.0. The second kappa shape index (κ2) is 10.7. The van der Waals surface area contributed by atoms with E-state index < -0.39 is 45.5 Å². The second-order valence-electron chi connectivity index (χ2n) is 12.0. The Morgan fingerprint density at radius 2 is 1.79 bits per heavy atom. The fraction of sp³-hybridized carbons (Fsp3) is 0.840. The van der Waals surface area contributed by atoms with Crippen LogP contribution in [0.4, 0.5) is 0 Å². The minimum Gasteiger partial charge on any atom is -0.374 e. The molecule has 2 heterocycles. The molecule has 2 saturated heterocycles. The first-order valence-electron chi connectivity index (χ1n) is 13.5. The van der Waals surface area contributed by atoms with Gasteiger partial charge in [-0.25, -0.2) is 0 Å². The smallest absolute Gasteiger partial charge is 0.294 e. The summed E-state index contributed by atoms with van der Waals surface area (Å²) < 4.78 is 33.1. The van der Waals surface area contributed by atoms with Crippen molar-refractivity contribution >= 4 is 33.7 Å². The maximum absolute atomic E-state index is 13.9. The van der Waals surface area contributed by atoms with E-state index >= 15 is 0 Å². The van der Waals surface area contributed by atoms with Crippen LogP contribution < -0.4 is 16.0 Å². The molecule has 12 nitrogen and oxygen atoms in total. The zero-order valence-electron chi connectivity index (χ0n) is 22.2. The molecule has 4 rings (SSSR count). The van der Waals surface area contributed by atoms with Crippen molar-refractivity contribution < 1.29 is 37.3 Å². The van der Waals surface area contributed by atoms with Crippen molar-refractivity contribution in [3.8, 4) is 0 Å². The lowest BCUT2D eigenvalue weighted by molar-refractivity contribution is -0.145. The lowest BCUT2D eigenvalue weighted by Gasteiger charge is -2.37. The quantitative estimate of drug-likeness (QED) is 0.241. The molecule has 1 unspecified atom stereocenters. The Labute approximate surface area is 223 Å². The minimum absolute atomic E-state index is 0.0382. The number of fused-ring (bicyclic) bond motifs is 1. The molecule has 214 valence electrons. The minimum atomic E-state index is -4.95. The van der Waals surface area contributed by atoms with E-state index in [9.17, 15) is 37.3 Å². The number of hydrogen-bond acceptors (Lipinski definition) is 7. The summed E-state index contributed by atoms with van der Waals surface area (Å²) in [5.41, 5.74) is -2.56. The van der Waals surface area contributed by atoms with E-state index in [2.05, 4.69) is 16.0 Å². The molecule has 13 heteroatoms. The lowest BCUT2D eigenvalue weighted by Crippen LogP contribution is -2.59. The summed E-state index contributed by atoms with van der Waals surface area (Å²) >= 11 is 0. The summed E-state index contributed by atoms with van der Waals surface area (Å²) in [6.07, 6.45) is 4.79. The first-order valence-corrected chi connectivity index (χ1v) is 15.0. The molecule has 0 aromatic carbocycles. The van der Waals surface area contributed by atoms with Crippen molar-refractivity contribution in [2.45, 2.75) is 89.3 Å². The maximum atomic E-state index is 13.9. The van der Waals surface area contributed by atoms with Crippen LogP contribution in [-0.2, 0) is 29.3 Å². The number of carbonyl (C=O) groups excluding carboxylic acids is 4. The van der Waals surface area contributed by atoms with Crippen LogP contribution in [0.3, 0.4) is 0 Å². The van der Waals surface area contributed by atoms with Crippen molar-refractivity contribution in [2.24, 2.45) is 29.1 Å². The van der Waals surface area contributed by atoms with Gasteiger partial charge in [-0.2, -0.15) is 8.42 Å². The topological polar surface area (TPSA) is 182 Å². The van der Waals surface area contributed by atoms with E-state index in [0.717, 1.165) is 32.1 Å². The number of carbonyl (C=O) groups is 4. The summed E-state index contributed by atoms with van der Waals surface area (Å²) in [5, 5.41) is 18.4. The van der Waals surface area contributed by atoms with Gasteiger partial charge in [-0.3, -0.25) is 23.7 Å². The predicted molar refractivity (Wildman–Crippen MR) is 136 cm³/mol. The number of piperidine rings is 1. The van der Waals surface area contributed by atoms with E-state index in [1.54, 1.807) is 0 Å². The zero-order chi connectivity index (χ0) is 28.0. The Kier molecular flexibility index (Phi) is 8.11. The van der Waals surface area contributed by atoms with Crippen molar-refractivity contribution in [1.29, 1.82) is 0 Å². The highest BCUT2D eigenvalue weighted by molar-refractivity contribution is 7.86. The van der Waals surface area contributed by atoms with Gasteiger partial charge in [0.25, 0.3) is 10.1 Å². The van der Waals surface area contributed by atoms with Gasteiger partial charge in [0.2, 0.25) is 29.1 Å². The van der Waals surface area contributed by atoms with Crippen LogP contribution in [0.1, 0.15) is 65.7 Å². The maximum Gasteiger partial charge on any atom is 0.294 e. The highest BCUT2D eigenvalue weighted by Gasteiger charge is 2.69. The molecule has 0 radical (unpaired) electrons. The fourth-order valence-corrected chi connectivity index (χ4v) is 7.55. The standard InChI is InChI=1S/C25H40N4O8S/c1-13(30)27-19(14-7-5-4-6-8-14)23(33)29-12-16-18(25(16,2)3)20(29)22(32)28-17(24(34)38(35,36)37)11-15-9-10-26-21(15)31/h14-20,24,34H,4-12H2,1-3H3,(H,26,31)(H,27,30)(H,28,32)(H,35,36,37)/t15-,16-,17-,18-,19-,20-,24?/m0/s1. The second-order valence-corrected chi connectivity index (χ2v) is 13.5. The van der Waals surface area contributed by atoms with Crippen molar-refractivity contribution in [3.05, 3.63) is 0 Å². The van der Waals surface area contributed by atoms with Gasteiger partial charge >= 0.3 is 0 Å². The van der Waals surface area contributed by atoms with E-state index in [0.29, 0.717) is 19.5 Å². The molecule has 4 fully saturated rings. The molecule has 0 aromatic rings. The third kappa shape index (κ3) is 5.69. The fourth-order valence-electron chi connectivity index (χ4n) is 6.96. The molecular formula is C25H40N4O8S. The number of aliphatic hydroxyl groups excluding tert-OH is 1. The van der Waals surface area contributed by atoms with Crippen molar-refractivity contribution in [3.63, 3.8) is 0 Å². The van der Waals surface area contributed by atoms with Gasteiger partial charge < -0.3 is 26.0 Å². The number of amides is 4. The van der Waals surface area contributed by atoms with Gasteiger partial charge in [0.05, 0.1) is 6.04 Å². The number of rotatable bonds is 9. The lowest BCUT2D eigenvalue weighted by atomic mass is 9.83. The molecule has 4 aliphatic rings. The molecule has 4 amide bonds. The third-order valence-corrected chi connectivity index (χ3v) is 10.1. The van der Waals surface area contributed by atoms with Crippen molar-refractivity contribution in [2.75, 3.05) is 13.1 Å². The molecule has 0 spiro atoms. The largest absolute Gasteiger partial charge is 0.374 e. The highest BCUT2D eigenvalue weighted by Crippen LogP contribution is 2.65. The first-order chi connectivity index (χ1) is 17.7. The Morgan fingerprint density at radius 3 is 2.34 bits per heavy atom. The summed E-state index contributed by atoms with van der Waals surface area (Å²) in [7, 11) is -4.95. The van der Waals surface area contributed by atoms with Gasteiger partial charge in [-0.1, -0.05) is 33.1 Å². The molecule has 2 aliphatic carbocycles. The summed E-state index contributed by atoms with van der Waals surface area (Å²) in [4.78, 5) is 53.2. The average molecular weight is 557 g/mol. The Bertz CT molecular complexity index is 1070. The van der Waals surface area contributed by atoms with Crippen LogP contribution in [0.5, 0.6) is 0 Å². The molecular weight excluding hydrogens is 516 g/mol. The molecule has 7 atom stereocenters. The summed E-state index contributed by atoms with van der Waals surface area (Å²) in [6.45, 7) is 6.08. The number of nitrogens with zero attached hydrogens (tertiary/aromatic N) is 1. The molecule has 2 aliphatic heterocycles. The van der Waals surface area contributed by atoms with E-state index in [-0.39, 0.29) is 47.3 Å². The molecule has 0 aromatic heterocycles. The third-order valence-electron chi connectivity index (χ3n) is 9.18. The Hall–Kier alpha value is -2.25. The normalized spacial score (nSPS) is 31.1. The monoisotopic (exact) mass is 556 g/mol. The van der Waals surface area contributed by atoms with Crippen LogP contribution in [0.15, 0.2) is 0 Å². The Balaban J connectivity index is 1.58. The van der Waals surface area contributed by atoms with Gasteiger partial charge in [-0.05, 0) is 48.9 Å². The molecule has 2 saturated carbocycles. The van der Waals surface area contributed by atoms with Crippen LogP contribution in [0.2, 0.25) is 0 Å². The van der Waals surface area contributed by atoms with Gasteiger partial charge in [0.1, 0.15) is 12.1 Å².